The third kappa shape index (κ3) is 1.68. The van der Waals surface area contributed by atoms with E-state index in [1.165, 1.54) is 30.0 Å². The van der Waals surface area contributed by atoms with Crippen molar-refractivity contribution in [1.29, 1.82) is 0 Å². The zero-order valence-corrected chi connectivity index (χ0v) is 8.68. The van der Waals surface area contributed by atoms with Gasteiger partial charge in [-0.1, -0.05) is 0 Å². The summed E-state index contributed by atoms with van der Waals surface area (Å²) in [5.41, 5.74) is 7.97. The molecule has 0 aliphatic carbocycles. The summed E-state index contributed by atoms with van der Waals surface area (Å²) in [4.78, 5) is 0. The van der Waals surface area contributed by atoms with Gasteiger partial charge in [0.05, 0.1) is 17.6 Å². The Kier molecular flexibility index (Phi) is 2.49. The largest absolute Gasteiger partial charge is 0.396 e. The number of anilines is 1. The SMILES string of the molecule is Cn1ncc(N)c1C1CCCSC1. The summed E-state index contributed by atoms with van der Waals surface area (Å²) < 4.78 is 1.92. The van der Waals surface area contributed by atoms with Gasteiger partial charge in [-0.25, -0.2) is 0 Å². The predicted molar refractivity (Wildman–Crippen MR) is 56.9 cm³/mol. The van der Waals surface area contributed by atoms with Crippen molar-refractivity contribution < 1.29 is 0 Å². The Morgan fingerprint density at radius 3 is 3.08 bits per heavy atom. The molecule has 13 heavy (non-hydrogen) atoms. The van der Waals surface area contributed by atoms with Crippen LogP contribution in [0.3, 0.4) is 0 Å². The van der Waals surface area contributed by atoms with Crippen LogP contribution in [0, 0.1) is 0 Å². The van der Waals surface area contributed by atoms with Crippen molar-refractivity contribution >= 4 is 17.4 Å². The number of aryl methyl sites for hydroxylation is 1. The summed E-state index contributed by atoms with van der Waals surface area (Å²) >= 11 is 2.02. The van der Waals surface area contributed by atoms with Crippen LogP contribution in [-0.4, -0.2) is 21.3 Å². The van der Waals surface area contributed by atoms with Gasteiger partial charge in [0, 0.05) is 18.7 Å². The van der Waals surface area contributed by atoms with Crippen LogP contribution in [0.1, 0.15) is 24.5 Å². The van der Waals surface area contributed by atoms with Gasteiger partial charge in [-0.3, -0.25) is 4.68 Å². The van der Waals surface area contributed by atoms with Gasteiger partial charge in [-0.05, 0) is 18.6 Å². The first-order valence-corrected chi connectivity index (χ1v) is 5.79. The van der Waals surface area contributed by atoms with Crippen LogP contribution in [0.2, 0.25) is 0 Å². The molecule has 3 nitrogen and oxygen atoms in total. The molecule has 1 atom stereocenters. The first-order valence-electron chi connectivity index (χ1n) is 4.64. The molecule has 2 N–H and O–H groups in total. The third-order valence-electron chi connectivity index (χ3n) is 2.56. The molecule has 1 aromatic rings. The fraction of sp³-hybridized carbons (Fsp3) is 0.667. The first kappa shape index (κ1) is 8.94. The Labute approximate surface area is 82.7 Å². The number of rotatable bonds is 1. The van der Waals surface area contributed by atoms with Crippen molar-refractivity contribution in [2.24, 2.45) is 7.05 Å². The average molecular weight is 197 g/mol. The number of hydrogen-bond donors (Lipinski definition) is 1. The fourth-order valence-corrected chi connectivity index (χ4v) is 3.07. The summed E-state index contributed by atoms with van der Waals surface area (Å²) in [6.45, 7) is 0. The van der Waals surface area contributed by atoms with Crippen LogP contribution in [0.5, 0.6) is 0 Å². The monoisotopic (exact) mass is 197 g/mol. The smallest absolute Gasteiger partial charge is 0.0736 e. The minimum atomic E-state index is 0.617. The topological polar surface area (TPSA) is 43.8 Å². The van der Waals surface area contributed by atoms with E-state index in [2.05, 4.69) is 5.10 Å². The van der Waals surface area contributed by atoms with E-state index < -0.39 is 0 Å². The molecule has 1 aromatic heterocycles. The molecule has 72 valence electrons. The maximum atomic E-state index is 5.88. The van der Waals surface area contributed by atoms with Crippen molar-refractivity contribution in [2.75, 3.05) is 17.2 Å². The Morgan fingerprint density at radius 2 is 2.54 bits per heavy atom. The number of aromatic nitrogens is 2. The highest BCUT2D eigenvalue weighted by Gasteiger charge is 2.20. The lowest BCUT2D eigenvalue weighted by molar-refractivity contribution is 0.593. The summed E-state index contributed by atoms with van der Waals surface area (Å²) in [5.74, 6) is 3.11. The molecule has 0 saturated carbocycles. The van der Waals surface area contributed by atoms with Gasteiger partial charge >= 0.3 is 0 Å². The fourth-order valence-electron chi connectivity index (χ4n) is 1.92. The van der Waals surface area contributed by atoms with Crippen LogP contribution >= 0.6 is 11.8 Å². The van der Waals surface area contributed by atoms with Crippen molar-refractivity contribution in [3.63, 3.8) is 0 Å². The van der Waals surface area contributed by atoms with Gasteiger partial charge in [0.15, 0.2) is 0 Å². The normalized spacial score (nSPS) is 23.3. The molecule has 2 rings (SSSR count). The maximum absolute atomic E-state index is 5.88. The second kappa shape index (κ2) is 3.62. The molecular weight excluding hydrogens is 182 g/mol. The molecule has 0 radical (unpaired) electrons. The zero-order valence-electron chi connectivity index (χ0n) is 7.86. The highest BCUT2D eigenvalue weighted by Crippen LogP contribution is 2.33. The van der Waals surface area contributed by atoms with E-state index in [4.69, 9.17) is 5.73 Å². The lowest BCUT2D eigenvalue weighted by Crippen LogP contribution is -2.14. The van der Waals surface area contributed by atoms with E-state index in [9.17, 15) is 0 Å². The third-order valence-corrected chi connectivity index (χ3v) is 3.78. The number of hydrogen-bond acceptors (Lipinski definition) is 3. The summed E-state index contributed by atoms with van der Waals surface area (Å²) in [6, 6.07) is 0. The second-order valence-electron chi connectivity index (χ2n) is 3.52. The quantitative estimate of drug-likeness (QED) is 0.744. The molecule has 1 aliphatic rings. The van der Waals surface area contributed by atoms with E-state index in [0.717, 1.165) is 5.69 Å². The van der Waals surface area contributed by atoms with Crippen molar-refractivity contribution in [3.8, 4) is 0 Å². The molecule has 0 amide bonds. The molecule has 1 fully saturated rings. The standard InChI is InChI=1S/C9H15N3S/c1-12-9(8(10)5-11-12)7-3-2-4-13-6-7/h5,7H,2-4,6,10H2,1H3. The van der Waals surface area contributed by atoms with Crippen LogP contribution in [0.15, 0.2) is 6.20 Å². The lowest BCUT2D eigenvalue weighted by Gasteiger charge is -2.21. The molecule has 1 aliphatic heterocycles. The van der Waals surface area contributed by atoms with Crippen LogP contribution in [0.25, 0.3) is 0 Å². The van der Waals surface area contributed by atoms with Crippen molar-refractivity contribution in [2.45, 2.75) is 18.8 Å². The minimum absolute atomic E-state index is 0.617. The molecular formula is C9H15N3S. The van der Waals surface area contributed by atoms with E-state index >= 15 is 0 Å². The molecule has 1 saturated heterocycles. The van der Waals surface area contributed by atoms with Crippen LogP contribution in [-0.2, 0) is 7.05 Å². The maximum Gasteiger partial charge on any atom is 0.0736 e. The zero-order chi connectivity index (χ0) is 9.26. The number of thioether (sulfide) groups is 1. The van der Waals surface area contributed by atoms with E-state index in [-0.39, 0.29) is 0 Å². The first-order chi connectivity index (χ1) is 6.29. The summed E-state index contributed by atoms with van der Waals surface area (Å²) in [6.07, 6.45) is 4.32. The van der Waals surface area contributed by atoms with Crippen LogP contribution < -0.4 is 5.73 Å². The summed E-state index contributed by atoms with van der Waals surface area (Å²) in [5, 5.41) is 4.17. The van der Waals surface area contributed by atoms with E-state index in [1.807, 2.05) is 23.5 Å². The molecule has 2 heterocycles. The Hall–Kier alpha value is -0.640. The number of nitrogens with zero attached hydrogens (tertiary/aromatic N) is 2. The Balaban J connectivity index is 2.22. The Morgan fingerprint density at radius 1 is 1.69 bits per heavy atom. The van der Waals surface area contributed by atoms with Gasteiger partial charge in [-0.15, -0.1) is 0 Å². The number of nitrogen functional groups attached to an aromatic ring is 1. The minimum Gasteiger partial charge on any atom is -0.396 e. The van der Waals surface area contributed by atoms with Gasteiger partial charge < -0.3 is 5.73 Å². The molecule has 1 unspecified atom stereocenters. The van der Waals surface area contributed by atoms with E-state index in [1.54, 1.807) is 6.20 Å². The van der Waals surface area contributed by atoms with Crippen molar-refractivity contribution in [1.82, 2.24) is 9.78 Å². The lowest BCUT2D eigenvalue weighted by atomic mass is 10.0. The van der Waals surface area contributed by atoms with Gasteiger partial charge in [0.2, 0.25) is 0 Å². The van der Waals surface area contributed by atoms with Gasteiger partial charge in [-0.2, -0.15) is 16.9 Å². The van der Waals surface area contributed by atoms with Gasteiger partial charge in [0.1, 0.15) is 0 Å². The van der Waals surface area contributed by atoms with Gasteiger partial charge in [0.25, 0.3) is 0 Å². The molecule has 0 bridgehead atoms. The molecule has 4 heteroatoms. The highest BCUT2D eigenvalue weighted by atomic mass is 32.2. The highest BCUT2D eigenvalue weighted by molar-refractivity contribution is 7.99. The average Bonchev–Trinajstić information content (AvgIpc) is 2.48. The van der Waals surface area contributed by atoms with E-state index in [0.29, 0.717) is 5.92 Å². The van der Waals surface area contributed by atoms with Crippen LogP contribution in [0.4, 0.5) is 5.69 Å². The number of nitrogens with two attached hydrogens (primary N) is 1. The molecule has 0 aromatic carbocycles. The summed E-state index contributed by atoms with van der Waals surface area (Å²) in [7, 11) is 1.98. The molecule has 0 spiro atoms. The predicted octanol–water partition coefficient (Wildman–Crippen LogP) is 1.61. The van der Waals surface area contributed by atoms with Crippen molar-refractivity contribution in [3.05, 3.63) is 11.9 Å². The second-order valence-corrected chi connectivity index (χ2v) is 4.67. The Bertz CT molecular complexity index is 270.